The van der Waals surface area contributed by atoms with E-state index in [0.29, 0.717) is 16.7 Å². The molecule has 0 saturated carbocycles. The summed E-state index contributed by atoms with van der Waals surface area (Å²) in [5.41, 5.74) is 0.127. The molecule has 0 aliphatic carbocycles. The third kappa shape index (κ3) is 5.22. The Kier molecular flexibility index (Phi) is 5.84. The van der Waals surface area contributed by atoms with Crippen LogP contribution in [0.4, 0.5) is 18.9 Å². The van der Waals surface area contributed by atoms with Gasteiger partial charge in [0.2, 0.25) is 0 Å². The lowest BCUT2D eigenvalue weighted by Crippen LogP contribution is -2.24. The van der Waals surface area contributed by atoms with Gasteiger partial charge >= 0.3 is 6.18 Å². The second-order valence-electron chi connectivity index (χ2n) is 4.05. The highest BCUT2D eigenvalue weighted by atomic mass is 79.9. The molecule has 0 fully saturated rings. The fourth-order valence-corrected chi connectivity index (χ4v) is 1.92. The maximum atomic E-state index is 12.0. The minimum absolute atomic E-state index is 0.0476. The van der Waals surface area contributed by atoms with Crippen molar-refractivity contribution in [2.75, 3.05) is 11.9 Å². The van der Waals surface area contributed by atoms with Crippen molar-refractivity contribution in [2.45, 2.75) is 38.9 Å². The molecule has 108 valence electrons. The Bertz CT molecular complexity index is 473. The molecule has 1 aromatic heterocycles. The standard InChI is InChI=1S/C11H15BrF3N3O/c1-2-6-18-10(19)9(12)8(7-17-18)16-5-3-4-11(13,14)15/h7,16H,2-6H2,1H3. The van der Waals surface area contributed by atoms with Crippen LogP contribution in [0, 0.1) is 0 Å². The number of aromatic nitrogens is 2. The molecule has 1 aromatic rings. The van der Waals surface area contributed by atoms with Crippen LogP contribution in [-0.2, 0) is 6.54 Å². The summed E-state index contributed by atoms with van der Waals surface area (Å²) >= 11 is 3.13. The maximum Gasteiger partial charge on any atom is 0.389 e. The first kappa shape index (κ1) is 16.0. The Morgan fingerprint density at radius 2 is 2.16 bits per heavy atom. The number of halogens is 4. The highest BCUT2D eigenvalue weighted by molar-refractivity contribution is 9.10. The smallest absolute Gasteiger partial charge is 0.383 e. The highest BCUT2D eigenvalue weighted by Crippen LogP contribution is 2.22. The second kappa shape index (κ2) is 6.93. The van der Waals surface area contributed by atoms with Crippen LogP contribution in [0.2, 0.25) is 0 Å². The van der Waals surface area contributed by atoms with Crippen LogP contribution >= 0.6 is 15.9 Å². The molecule has 0 atom stereocenters. The van der Waals surface area contributed by atoms with Crippen molar-refractivity contribution in [3.8, 4) is 0 Å². The van der Waals surface area contributed by atoms with Crippen molar-refractivity contribution in [3.63, 3.8) is 0 Å². The molecule has 19 heavy (non-hydrogen) atoms. The molecule has 0 amide bonds. The lowest BCUT2D eigenvalue weighted by molar-refractivity contribution is -0.134. The van der Waals surface area contributed by atoms with Crippen molar-refractivity contribution in [2.24, 2.45) is 0 Å². The molecule has 0 aliphatic rings. The maximum absolute atomic E-state index is 12.0. The van der Waals surface area contributed by atoms with Gasteiger partial charge in [0.1, 0.15) is 4.47 Å². The van der Waals surface area contributed by atoms with Gasteiger partial charge < -0.3 is 5.32 Å². The second-order valence-corrected chi connectivity index (χ2v) is 4.84. The number of anilines is 1. The normalized spacial score (nSPS) is 11.6. The van der Waals surface area contributed by atoms with Gasteiger partial charge in [0.05, 0.1) is 11.9 Å². The fraction of sp³-hybridized carbons (Fsp3) is 0.636. The zero-order chi connectivity index (χ0) is 14.5. The Morgan fingerprint density at radius 3 is 2.74 bits per heavy atom. The number of nitrogens with one attached hydrogen (secondary N) is 1. The quantitative estimate of drug-likeness (QED) is 0.808. The summed E-state index contributed by atoms with van der Waals surface area (Å²) in [6.45, 7) is 2.56. The Morgan fingerprint density at radius 1 is 1.47 bits per heavy atom. The Labute approximate surface area is 117 Å². The molecule has 1 heterocycles. The van der Waals surface area contributed by atoms with Crippen molar-refractivity contribution >= 4 is 21.6 Å². The van der Waals surface area contributed by atoms with Gasteiger partial charge in [0, 0.05) is 19.5 Å². The van der Waals surface area contributed by atoms with E-state index in [-0.39, 0.29) is 18.5 Å². The monoisotopic (exact) mass is 341 g/mol. The third-order valence-electron chi connectivity index (χ3n) is 2.37. The lowest BCUT2D eigenvalue weighted by Gasteiger charge is -2.10. The van der Waals surface area contributed by atoms with E-state index in [1.807, 2.05) is 6.92 Å². The van der Waals surface area contributed by atoms with Crippen molar-refractivity contribution < 1.29 is 13.2 Å². The number of alkyl halides is 3. The van der Waals surface area contributed by atoms with Gasteiger partial charge in [-0.25, -0.2) is 4.68 Å². The van der Waals surface area contributed by atoms with Gasteiger partial charge in [-0.3, -0.25) is 4.79 Å². The van der Waals surface area contributed by atoms with E-state index in [4.69, 9.17) is 0 Å². The van der Waals surface area contributed by atoms with E-state index in [9.17, 15) is 18.0 Å². The van der Waals surface area contributed by atoms with Crippen LogP contribution < -0.4 is 10.9 Å². The van der Waals surface area contributed by atoms with Crippen LogP contribution in [0.1, 0.15) is 26.2 Å². The highest BCUT2D eigenvalue weighted by Gasteiger charge is 2.25. The first-order chi connectivity index (χ1) is 8.85. The van der Waals surface area contributed by atoms with Gasteiger partial charge in [-0.05, 0) is 28.8 Å². The summed E-state index contributed by atoms with van der Waals surface area (Å²) in [4.78, 5) is 11.8. The Balaban J connectivity index is 2.60. The zero-order valence-corrected chi connectivity index (χ0v) is 12.0. The van der Waals surface area contributed by atoms with Crippen LogP contribution in [0.15, 0.2) is 15.5 Å². The molecule has 0 aliphatic heterocycles. The minimum atomic E-state index is -4.15. The van der Waals surface area contributed by atoms with Crippen LogP contribution in [0.25, 0.3) is 0 Å². The first-order valence-corrected chi connectivity index (χ1v) is 6.70. The average molecular weight is 342 g/mol. The molecule has 0 radical (unpaired) electrons. The fourth-order valence-electron chi connectivity index (χ4n) is 1.47. The average Bonchev–Trinajstić information content (AvgIpc) is 2.32. The number of hydrogen-bond donors (Lipinski definition) is 1. The number of rotatable bonds is 6. The van der Waals surface area contributed by atoms with Crippen LogP contribution in [0.3, 0.4) is 0 Å². The van der Waals surface area contributed by atoms with Gasteiger partial charge in [-0.1, -0.05) is 6.92 Å². The minimum Gasteiger partial charge on any atom is -0.383 e. The molecule has 8 heteroatoms. The summed E-state index contributed by atoms with van der Waals surface area (Å²) < 4.78 is 37.5. The molecule has 0 unspecified atom stereocenters. The molecule has 1 N–H and O–H groups in total. The van der Waals surface area contributed by atoms with Crippen molar-refractivity contribution in [1.82, 2.24) is 9.78 Å². The molecule has 0 aromatic carbocycles. The van der Waals surface area contributed by atoms with Crippen LogP contribution in [-0.4, -0.2) is 22.5 Å². The number of hydrogen-bond acceptors (Lipinski definition) is 3. The van der Waals surface area contributed by atoms with Gasteiger partial charge in [-0.2, -0.15) is 18.3 Å². The summed E-state index contributed by atoms with van der Waals surface area (Å²) in [5, 5.41) is 6.72. The molecule has 0 saturated heterocycles. The van der Waals surface area contributed by atoms with E-state index in [1.165, 1.54) is 10.9 Å². The summed E-state index contributed by atoms with van der Waals surface area (Å²) in [6.07, 6.45) is -2.83. The summed E-state index contributed by atoms with van der Waals surface area (Å²) in [6, 6.07) is 0. The van der Waals surface area contributed by atoms with E-state index < -0.39 is 12.6 Å². The molecule has 0 bridgehead atoms. The molecular formula is C11H15BrF3N3O. The SMILES string of the molecule is CCCn1ncc(NCCCC(F)(F)F)c(Br)c1=O. The van der Waals surface area contributed by atoms with Gasteiger partial charge in [0.25, 0.3) is 5.56 Å². The molecule has 0 spiro atoms. The van der Waals surface area contributed by atoms with Crippen LogP contribution in [0.5, 0.6) is 0 Å². The largest absolute Gasteiger partial charge is 0.389 e. The molecule has 1 rings (SSSR count). The molecule has 4 nitrogen and oxygen atoms in total. The van der Waals surface area contributed by atoms with Crippen molar-refractivity contribution in [1.29, 1.82) is 0 Å². The summed E-state index contributed by atoms with van der Waals surface area (Å²) in [5.74, 6) is 0. The Hall–Kier alpha value is -1.05. The predicted octanol–water partition coefficient (Wildman–Crippen LogP) is 3.17. The lowest BCUT2D eigenvalue weighted by atomic mass is 10.3. The zero-order valence-electron chi connectivity index (χ0n) is 10.4. The predicted molar refractivity (Wildman–Crippen MR) is 70.3 cm³/mol. The van der Waals surface area contributed by atoms with E-state index in [0.717, 1.165) is 6.42 Å². The molecular weight excluding hydrogens is 327 g/mol. The first-order valence-electron chi connectivity index (χ1n) is 5.91. The summed E-state index contributed by atoms with van der Waals surface area (Å²) in [7, 11) is 0. The number of nitrogens with zero attached hydrogens (tertiary/aromatic N) is 2. The van der Waals surface area contributed by atoms with Gasteiger partial charge in [-0.15, -0.1) is 0 Å². The van der Waals surface area contributed by atoms with Crippen molar-refractivity contribution in [3.05, 3.63) is 21.0 Å². The van der Waals surface area contributed by atoms with E-state index in [1.54, 1.807) is 0 Å². The van der Waals surface area contributed by atoms with Gasteiger partial charge in [0.15, 0.2) is 0 Å². The van der Waals surface area contributed by atoms with E-state index >= 15 is 0 Å². The van der Waals surface area contributed by atoms with E-state index in [2.05, 4.69) is 26.3 Å². The topological polar surface area (TPSA) is 46.9 Å². The number of aryl methyl sites for hydroxylation is 1. The third-order valence-corrected chi connectivity index (χ3v) is 3.14.